The van der Waals surface area contributed by atoms with Gasteiger partial charge in [-0.1, -0.05) is 29.8 Å². The first-order valence-electron chi connectivity index (χ1n) is 6.08. The number of nitrogens with one attached hydrogen (secondary N) is 1. The van der Waals surface area contributed by atoms with Gasteiger partial charge in [0, 0.05) is 19.7 Å². The van der Waals surface area contributed by atoms with Gasteiger partial charge in [-0.3, -0.25) is 0 Å². The summed E-state index contributed by atoms with van der Waals surface area (Å²) in [5.74, 6) is 0.764. The Morgan fingerprint density at radius 1 is 1.38 bits per heavy atom. The van der Waals surface area contributed by atoms with Gasteiger partial charge in [0.2, 0.25) is 0 Å². The molecule has 2 nitrogen and oxygen atoms in total. The molecule has 1 fully saturated rings. The fourth-order valence-corrected chi connectivity index (χ4v) is 2.35. The number of methoxy groups -OCH3 is 1. The van der Waals surface area contributed by atoms with E-state index in [9.17, 15) is 0 Å². The number of benzene rings is 1. The van der Waals surface area contributed by atoms with Crippen LogP contribution in [-0.2, 0) is 4.74 Å². The molecule has 1 saturated carbocycles. The summed E-state index contributed by atoms with van der Waals surface area (Å²) in [6.07, 6.45) is 2.54. The minimum Gasteiger partial charge on any atom is -0.383 e. The van der Waals surface area contributed by atoms with Gasteiger partial charge in [-0.15, -0.1) is 0 Å². The first-order valence-corrected chi connectivity index (χ1v) is 6.08. The van der Waals surface area contributed by atoms with Crippen LogP contribution in [0.5, 0.6) is 0 Å². The lowest BCUT2D eigenvalue weighted by molar-refractivity contribution is 0.184. The minimum absolute atomic E-state index is 0.695. The highest BCUT2D eigenvalue weighted by Gasteiger charge is 2.29. The summed E-state index contributed by atoms with van der Waals surface area (Å²) in [4.78, 5) is 0. The van der Waals surface area contributed by atoms with E-state index in [1.807, 2.05) is 0 Å². The van der Waals surface area contributed by atoms with E-state index in [2.05, 4.69) is 36.5 Å². The quantitative estimate of drug-likeness (QED) is 0.768. The van der Waals surface area contributed by atoms with Gasteiger partial charge in [0.25, 0.3) is 0 Å². The fourth-order valence-electron chi connectivity index (χ4n) is 2.35. The molecule has 1 aliphatic carbocycles. The zero-order valence-electron chi connectivity index (χ0n) is 10.2. The molecule has 16 heavy (non-hydrogen) atoms. The molecule has 0 radical (unpaired) electrons. The van der Waals surface area contributed by atoms with E-state index in [1.54, 1.807) is 7.11 Å². The lowest BCUT2D eigenvalue weighted by Crippen LogP contribution is -2.41. The number of hydrogen-bond donors (Lipinski definition) is 1. The Hall–Kier alpha value is -0.860. The van der Waals surface area contributed by atoms with E-state index in [0.29, 0.717) is 6.04 Å². The molecule has 0 atom stereocenters. The van der Waals surface area contributed by atoms with Gasteiger partial charge >= 0.3 is 0 Å². The van der Waals surface area contributed by atoms with Crippen LogP contribution in [0, 0.1) is 6.92 Å². The SMILES string of the molecule is COCCNC1CC(c2cccc(C)c2)C1. The molecule has 1 N–H and O–H groups in total. The van der Waals surface area contributed by atoms with Crippen LogP contribution in [-0.4, -0.2) is 26.3 Å². The van der Waals surface area contributed by atoms with E-state index < -0.39 is 0 Å². The van der Waals surface area contributed by atoms with E-state index in [4.69, 9.17) is 4.74 Å². The average molecular weight is 219 g/mol. The number of rotatable bonds is 5. The molecular formula is C14H21NO. The Morgan fingerprint density at radius 3 is 2.88 bits per heavy atom. The van der Waals surface area contributed by atoms with Gasteiger partial charge in [-0.25, -0.2) is 0 Å². The average Bonchev–Trinajstić information content (AvgIpc) is 2.21. The monoisotopic (exact) mass is 219 g/mol. The normalized spacial score (nSPS) is 24.1. The predicted molar refractivity (Wildman–Crippen MR) is 66.8 cm³/mol. The van der Waals surface area contributed by atoms with Gasteiger partial charge in [-0.2, -0.15) is 0 Å². The zero-order chi connectivity index (χ0) is 11.4. The second kappa shape index (κ2) is 5.46. The molecule has 0 saturated heterocycles. The van der Waals surface area contributed by atoms with Gasteiger partial charge in [0.1, 0.15) is 0 Å². The highest BCUT2D eigenvalue weighted by molar-refractivity contribution is 5.27. The van der Waals surface area contributed by atoms with Crippen molar-refractivity contribution in [1.82, 2.24) is 5.32 Å². The molecule has 2 rings (SSSR count). The van der Waals surface area contributed by atoms with Gasteiger partial charge < -0.3 is 10.1 Å². The van der Waals surface area contributed by atoms with Crippen molar-refractivity contribution in [3.05, 3.63) is 35.4 Å². The first kappa shape index (κ1) is 11.6. The molecule has 0 amide bonds. The van der Waals surface area contributed by atoms with Crippen molar-refractivity contribution in [1.29, 1.82) is 0 Å². The topological polar surface area (TPSA) is 21.3 Å². The van der Waals surface area contributed by atoms with E-state index in [0.717, 1.165) is 19.1 Å². The second-order valence-corrected chi connectivity index (χ2v) is 4.73. The molecule has 0 unspecified atom stereocenters. The summed E-state index contributed by atoms with van der Waals surface area (Å²) in [5.41, 5.74) is 2.87. The molecule has 0 spiro atoms. The molecule has 88 valence electrons. The van der Waals surface area contributed by atoms with Crippen LogP contribution in [0.2, 0.25) is 0 Å². The third kappa shape index (κ3) is 2.83. The second-order valence-electron chi connectivity index (χ2n) is 4.73. The maximum absolute atomic E-state index is 5.03. The van der Waals surface area contributed by atoms with Gasteiger partial charge in [0.05, 0.1) is 6.61 Å². The van der Waals surface area contributed by atoms with Crippen molar-refractivity contribution >= 4 is 0 Å². The Bertz CT molecular complexity index is 331. The highest BCUT2D eigenvalue weighted by atomic mass is 16.5. The summed E-state index contributed by atoms with van der Waals surface area (Å²) in [5, 5.41) is 3.51. The summed E-state index contributed by atoms with van der Waals surface area (Å²) < 4.78 is 5.03. The number of ether oxygens (including phenoxy) is 1. The van der Waals surface area contributed by atoms with Crippen molar-refractivity contribution in [2.24, 2.45) is 0 Å². The Labute approximate surface area is 98.0 Å². The van der Waals surface area contributed by atoms with Crippen molar-refractivity contribution < 1.29 is 4.74 Å². The maximum Gasteiger partial charge on any atom is 0.0587 e. The molecule has 1 aromatic carbocycles. The van der Waals surface area contributed by atoms with Crippen LogP contribution in [0.4, 0.5) is 0 Å². The predicted octanol–water partition coefficient (Wildman–Crippen LogP) is 2.48. The zero-order valence-corrected chi connectivity index (χ0v) is 10.2. The Balaban J connectivity index is 1.75. The number of aryl methyl sites for hydroxylation is 1. The standard InChI is InChI=1S/C14H21NO/c1-11-4-3-5-12(8-11)13-9-14(10-13)15-6-7-16-2/h3-5,8,13-15H,6-7,9-10H2,1-2H3. The smallest absolute Gasteiger partial charge is 0.0587 e. The molecule has 2 heteroatoms. The van der Waals surface area contributed by atoms with Crippen molar-refractivity contribution in [3.63, 3.8) is 0 Å². The molecule has 1 aliphatic rings. The third-order valence-corrected chi connectivity index (χ3v) is 3.39. The summed E-state index contributed by atoms with van der Waals surface area (Å²) in [6, 6.07) is 9.59. The van der Waals surface area contributed by atoms with Crippen molar-refractivity contribution in [3.8, 4) is 0 Å². The van der Waals surface area contributed by atoms with Crippen molar-refractivity contribution in [2.75, 3.05) is 20.3 Å². The molecule has 0 heterocycles. The van der Waals surface area contributed by atoms with Crippen LogP contribution in [0.3, 0.4) is 0 Å². The molecule has 0 bridgehead atoms. The van der Waals surface area contributed by atoms with E-state index >= 15 is 0 Å². The molecule has 1 aromatic rings. The lowest BCUT2D eigenvalue weighted by Gasteiger charge is -2.36. The molecular weight excluding hydrogens is 198 g/mol. The van der Waals surface area contributed by atoms with Crippen molar-refractivity contribution in [2.45, 2.75) is 31.7 Å². The first-order chi connectivity index (χ1) is 7.79. The van der Waals surface area contributed by atoms with E-state index in [1.165, 1.54) is 24.0 Å². The van der Waals surface area contributed by atoms with Gasteiger partial charge in [-0.05, 0) is 31.2 Å². The summed E-state index contributed by atoms with van der Waals surface area (Å²) in [6.45, 7) is 3.95. The molecule has 0 aliphatic heterocycles. The maximum atomic E-state index is 5.03. The van der Waals surface area contributed by atoms with Crippen LogP contribution >= 0.6 is 0 Å². The molecule has 0 aromatic heterocycles. The van der Waals surface area contributed by atoms with Crippen LogP contribution in [0.1, 0.15) is 29.9 Å². The largest absolute Gasteiger partial charge is 0.383 e. The van der Waals surface area contributed by atoms with Gasteiger partial charge in [0.15, 0.2) is 0 Å². The van der Waals surface area contributed by atoms with Crippen LogP contribution < -0.4 is 5.32 Å². The van der Waals surface area contributed by atoms with Crippen LogP contribution in [0.15, 0.2) is 24.3 Å². The highest BCUT2D eigenvalue weighted by Crippen LogP contribution is 2.36. The fraction of sp³-hybridized carbons (Fsp3) is 0.571. The summed E-state index contributed by atoms with van der Waals surface area (Å²) >= 11 is 0. The summed E-state index contributed by atoms with van der Waals surface area (Å²) in [7, 11) is 1.75. The lowest BCUT2D eigenvalue weighted by atomic mass is 9.75. The Morgan fingerprint density at radius 2 is 2.19 bits per heavy atom. The van der Waals surface area contributed by atoms with Crippen LogP contribution in [0.25, 0.3) is 0 Å². The number of hydrogen-bond acceptors (Lipinski definition) is 2. The minimum atomic E-state index is 0.695. The Kier molecular flexibility index (Phi) is 3.97. The third-order valence-electron chi connectivity index (χ3n) is 3.39. The van der Waals surface area contributed by atoms with E-state index in [-0.39, 0.29) is 0 Å².